The summed E-state index contributed by atoms with van der Waals surface area (Å²) < 4.78 is 11.1. The molecule has 1 aliphatic carbocycles. The van der Waals surface area contributed by atoms with E-state index >= 15 is 0 Å². The lowest BCUT2D eigenvalue weighted by Gasteiger charge is -2.27. The summed E-state index contributed by atoms with van der Waals surface area (Å²) in [6.07, 6.45) is 3.31. The number of thiophene rings is 1. The summed E-state index contributed by atoms with van der Waals surface area (Å²) in [5, 5.41) is 12.3. The average Bonchev–Trinajstić information content (AvgIpc) is 2.97. The van der Waals surface area contributed by atoms with Gasteiger partial charge in [-0.1, -0.05) is 6.07 Å². The molecule has 1 saturated carbocycles. The molecule has 0 bridgehead atoms. The van der Waals surface area contributed by atoms with Crippen LogP contribution in [0.1, 0.15) is 24.1 Å². The molecule has 2 atom stereocenters. The molecule has 5 heteroatoms. The largest absolute Gasteiger partial charge is 0.389 e. The Morgan fingerprint density at radius 1 is 1.43 bits per heavy atom. The highest BCUT2D eigenvalue weighted by Crippen LogP contribution is 2.29. The molecule has 2 aliphatic rings. The van der Waals surface area contributed by atoms with Crippen molar-refractivity contribution in [1.82, 2.24) is 4.90 Å². The quantitative estimate of drug-likeness (QED) is 0.758. The van der Waals surface area contributed by atoms with E-state index in [9.17, 15) is 5.11 Å². The number of rotatable bonds is 9. The zero-order valence-electron chi connectivity index (χ0n) is 12.4. The van der Waals surface area contributed by atoms with E-state index in [0.717, 1.165) is 32.7 Å². The van der Waals surface area contributed by atoms with Crippen molar-refractivity contribution in [1.29, 1.82) is 0 Å². The lowest BCUT2D eigenvalue weighted by atomic mass is 10.1. The van der Waals surface area contributed by atoms with Crippen LogP contribution in [-0.4, -0.2) is 55.1 Å². The van der Waals surface area contributed by atoms with E-state index in [0.29, 0.717) is 25.2 Å². The first-order valence-electron chi connectivity index (χ1n) is 7.91. The van der Waals surface area contributed by atoms with Gasteiger partial charge in [0.25, 0.3) is 0 Å². The molecule has 0 aromatic carbocycles. The van der Waals surface area contributed by atoms with Crippen molar-refractivity contribution in [3.05, 3.63) is 22.4 Å². The number of aliphatic hydroxyl groups is 1. The number of hydrogen-bond donors (Lipinski definition) is 1. The number of ether oxygens (including phenoxy) is 2. The monoisotopic (exact) mass is 311 g/mol. The summed E-state index contributed by atoms with van der Waals surface area (Å²) in [6.45, 7) is 4.60. The topological polar surface area (TPSA) is 41.9 Å². The zero-order valence-corrected chi connectivity index (χ0v) is 13.3. The molecular weight excluding hydrogens is 286 g/mol. The first-order valence-corrected chi connectivity index (χ1v) is 8.79. The molecule has 2 heterocycles. The highest BCUT2D eigenvalue weighted by atomic mass is 32.1. The van der Waals surface area contributed by atoms with Gasteiger partial charge in [-0.05, 0) is 36.6 Å². The minimum Gasteiger partial charge on any atom is -0.389 e. The molecule has 3 rings (SSSR count). The maximum absolute atomic E-state index is 10.2. The van der Waals surface area contributed by atoms with E-state index in [2.05, 4.69) is 11.0 Å². The summed E-state index contributed by atoms with van der Waals surface area (Å²) in [5.41, 5.74) is 0. The van der Waals surface area contributed by atoms with Gasteiger partial charge in [-0.25, -0.2) is 0 Å². The van der Waals surface area contributed by atoms with Crippen LogP contribution in [0.25, 0.3) is 0 Å². The Hall–Kier alpha value is -0.460. The summed E-state index contributed by atoms with van der Waals surface area (Å²) in [5.74, 6) is 0.643. The fourth-order valence-electron chi connectivity index (χ4n) is 2.88. The molecule has 1 aliphatic heterocycles. The summed E-state index contributed by atoms with van der Waals surface area (Å²) >= 11 is 1.69. The molecule has 118 valence electrons. The molecule has 4 nitrogen and oxygen atoms in total. The fourth-order valence-corrected chi connectivity index (χ4v) is 3.53. The van der Waals surface area contributed by atoms with Crippen LogP contribution in [0, 0.1) is 5.92 Å². The van der Waals surface area contributed by atoms with Crippen molar-refractivity contribution in [2.45, 2.75) is 38.0 Å². The Kier molecular flexibility index (Phi) is 5.66. The van der Waals surface area contributed by atoms with Crippen molar-refractivity contribution in [3.8, 4) is 0 Å². The van der Waals surface area contributed by atoms with Gasteiger partial charge in [-0.3, -0.25) is 4.90 Å². The fraction of sp³-hybridized carbons (Fsp3) is 0.750. The molecule has 21 heavy (non-hydrogen) atoms. The lowest BCUT2D eigenvalue weighted by Crippen LogP contribution is -2.39. The van der Waals surface area contributed by atoms with Crippen LogP contribution in [-0.2, 0) is 16.1 Å². The Bertz CT molecular complexity index is 402. The standard InChI is InChI=1S/C16H25NO3S/c18-15(11-20-12-16-2-1-7-21-16)9-17(14-3-4-14)8-13-5-6-19-10-13/h1-2,7,13-15,18H,3-6,8-12H2. The molecule has 0 radical (unpaired) electrons. The molecule has 1 aromatic rings. The van der Waals surface area contributed by atoms with Crippen LogP contribution < -0.4 is 0 Å². The molecule has 1 aromatic heterocycles. The summed E-state index contributed by atoms with van der Waals surface area (Å²) in [4.78, 5) is 3.66. The minimum absolute atomic E-state index is 0.395. The minimum atomic E-state index is -0.395. The average molecular weight is 311 g/mol. The second-order valence-electron chi connectivity index (χ2n) is 6.16. The van der Waals surface area contributed by atoms with Gasteiger partial charge in [0.2, 0.25) is 0 Å². The van der Waals surface area contributed by atoms with Crippen LogP contribution >= 0.6 is 11.3 Å². The van der Waals surface area contributed by atoms with Gasteiger partial charge >= 0.3 is 0 Å². The van der Waals surface area contributed by atoms with Gasteiger partial charge in [0.15, 0.2) is 0 Å². The number of hydrogen-bond acceptors (Lipinski definition) is 5. The normalized spacial score (nSPS) is 23.8. The van der Waals surface area contributed by atoms with E-state index in [4.69, 9.17) is 9.47 Å². The first kappa shape index (κ1) is 15.4. The van der Waals surface area contributed by atoms with Crippen molar-refractivity contribution in [2.24, 2.45) is 5.92 Å². The molecule has 1 N–H and O–H groups in total. The molecule has 0 spiro atoms. The lowest BCUT2D eigenvalue weighted by molar-refractivity contribution is 0.00640. The molecule has 0 amide bonds. The maximum Gasteiger partial charge on any atom is 0.0900 e. The third kappa shape index (κ3) is 5.04. The predicted molar refractivity (Wildman–Crippen MR) is 83.5 cm³/mol. The second kappa shape index (κ2) is 7.70. The third-order valence-corrected chi connectivity index (χ3v) is 5.01. The second-order valence-corrected chi connectivity index (χ2v) is 7.20. The number of nitrogens with zero attached hydrogens (tertiary/aromatic N) is 1. The molecule has 2 unspecified atom stereocenters. The highest BCUT2D eigenvalue weighted by molar-refractivity contribution is 7.09. The van der Waals surface area contributed by atoms with E-state index in [1.165, 1.54) is 17.7 Å². The van der Waals surface area contributed by atoms with Crippen molar-refractivity contribution >= 4 is 11.3 Å². The summed E-state index contributed by atoms with van der Waals surface area (Å²) in [6, 6.07) is 4.77. The molecule has 2 fully saturated rings. The van der Waals surface area contributed by atoms with Gasteiger partial charge in [-0.2, -0.15) is 0 Å². The van der Waals surface area contributed by atoms with E-state index in [1.807, 2.05) is 11.4 Å². The zero-order chi connectivity index (χ0) is 14.5. The van der Waals surface area contributed by atoms with Gasteiger partial charge < -0.3 is 14.6 Å². The van der Waals surface area contributed by atoms with Crippen LogP contribution in [0.15, 0.2) is 17.5 Å². The van der Waals surface area contributed by atoms with E-state index in [1.54, 1.807) is 11.3 Å². The van der Waals surface area contributed by atoms with Crippen molar-refractivity contribution < 1.29 is 14.6 Å². The third-order valence-electron chi connectivity index (χ3n) is 4.16. The summed E-state index contributed by atoms with van der Waals surface area (Å²) in [7, 11) is 0. The SMILES string of the molecule is OC(COCc1cccs1)CN(CC1CCOC1)C1CC1. The maximum atomic E-state index is 10.2. The van der Waals surface area contributed by atoms with Crippen molar-refractivity contribution in [3.63, 3.8) is 0 Å². The van der Waals surface area contributed by atoms with E-state index < -0.39 is 6.10 Å². The van der Waals surface area contributed by atoms with E-state index in [-0.39, 0.29) is 0 Å². The van der Waals surface area contributed by atoms with Gasteiger partial charge in [0.05, 0.1) is 25.9 Å². The van der Waals surface area contributed by atoms with Gasteiger partial charge in [-0.15, -0.1) is 11.3 Å². The highest BCUT2D eigenvalue weighted by Gasteiger charge is 2.32. The first-order chi connectivity index (χ1) is 10.3. The molecular formula is C16H25NO3S. The smallest absolute Gasteiger partial charge is 0.0900 e. The number of aliphatic hydroxyl groups excluding tert-OH is 1. The Morgan fingerprint density at radius 2 is 2.33 bits per heavy atom. The van der Waals surface area contributed by atoms with Gasteiger partial charge in [0.1, 0.15) is 0 Å². The Balaban J connectivity index is 1.37. The van der Waals surface area contributed by atoms with Crippen LogP contribution in [0.4, 0.5) is 0 Å². The van der Waals surface area contributed by atoms with Gasteiger partial charge in [0, 0.05) is 30.6 Å². The van der Waals surface area contributed by atoms with Crippen LogP contribution in [0.2, 0.25) is 0 Å². The predicted octanol–water partition coefficient (Wildman–Crippen LogP) is 2.13. The van der Waals surface area contributed by atoms with Crippen molar-refractivity contribution in [2.75, 3.05) is 32.9 Å². The molecule has 1 saturated heterocycles. The Labute approximate surface area is 130 Å². The van der Waals surface area contributed by atoms with Crippen LogP contribution in [0.5, 0.6) is 0 Å². The Morgan fingerprint density at radius 3 is 3.00 bits per heavy atom. The van der Waals surface area contributed by atoms with Crippen LogP contribution in [0.3, 0.4) is 0 Å².